The maximum Gasteiger partial charge on any atom is 0.182 e. The van der Waals surface area contributed by atoms with E-state index in [9.17, 15) is 4.79 Å². The number of hydrogen-bond acceptors (Lipinski definition) is 2. The Kier molecular flexibility index (Phi) is 2.65. The van der Waals surface area contributed by atoms with Crippen LogP contribution < -0.4 is 5.43 Å². The van der Waals surface area contributed by atoms with Crippen LogP contribution in [0.2, 0.25) is 0 Å². The van der Waals surface area contributed by atoms with Crippen molar-refractivity contribution in [1.82, 2.24) is 4.98 Å². The number of hydrogen-bond donors (Lipinski definition) is 2. The predicted octanol–water partition coefficient (Wildman–Crippen LogP) is 1.53. The highest BCUT2D eigenvalue weighted by atomic mass is 16.3. The average Bonchev–Trinajstić information content (AvgIpc) is 2.29. The molecule has 2 N–H and O–H groups in total. The number of rotatable bonds is 2. The van der Waals surface area contributed by atoms with Gasteiger partial charge in [0.2, 0.25) is 0 Å². The molecule has 3 nitrogen and oxygen atoms in total. The summed E-state index contributed by atoms with van der Waals surface area (Å²) in [4.78, 5) is 14.1. The second-order valence-electron chi connectivity index (χ2n) is 3.30. The minimum Gasteiger partial charge on any atom is -0.392 e. The van der Waals surface area contributed by atoms with Crippen LogP contribution in [0.1, 0.15) is 5.56 Å². The first-order valence-corrected chi connectivity index (χ1v) is 4.68. The minimum absolute atomic E-state index is 0.00487. The molecule has 2 rings (SSSR count). The van der Waals surface area contributed by atoms with Crippen LogP contribution in [0.3, 0.4) is 0 Å². The molecule has 0 aliphatic carbocycles. The van der Waals surface area contributed by atoms with Crippen molar-refractivity contribution in [2.75, 3.05) is 0 Å². The Labute approximate surface area is 87.0 Å². The van der Waals surface area contributed by atoms with Crippen molar-refractivity contribution in [2.24, 2.45) is 0 Å². The van der Waals surface area contributed by atoms with Gasteiger partial charge in [-0.1, -0.05) is 18.2 Å². The smallest absolute Gasteiger partial charge is 0.182 e. The molecule has 76 valence electrons. The molecule has 0 spiro atoms. The maximum atomic E-state index is 11.1. The largest absolute Gasteiger partial charge is 0.392 e. The third-order valence-electron chi connectivity index (χ3n) is 2.19. The zero-order chi connectivity index (χ0) is 10.7. The van der Waals surface area contributed by atoms with Gasteiger partial charge in [-0.25, -0.2) is 0 Å². The fraction of sp³-hybridized carbons (Fsp3) is 0.0833. The molecule has 0 saturated heterocycles. The Morgan fingerprint density at radius 1 is 1.20 bits per heavy atom. The highest BCUT2D eigenvalue weighted by Crippen LogP contribution is 2.16. The van der Waals surface area contributed by atoms with Crippen molar-refractivity contribution in [1.29, 1.82) is 0 Å². The zero-order valence-corrected chi connectivity index (χ0v) is 8.10. The zero-order valence-electron chi connectivity index (χ0n) is 8.10. The summed E-state index contributed by atoms with van der Waals surface area (Å²) >= 11 is 0. The van der Waals surface area contributed by atoms with Gasteiger partial charge in [-0.3, -0.25) is 4.79 Å². The quantitative estimate of drug-likeness (QED) is 0.774. The lowest BCUT2D eigenvalue weighted by atomic mass is 10.1. The van der Waals surface area contributed by atoms with Crippen LogP contribution in [0, 0.1) is 0 Å². The molecule has 0 unspecified atom stereocenters. The number of benzene rings is 1. The predicted molar refractivity (Wildman–Crippen MR) is 58.4 cm³/mol. The molecular weight excluding hydrogens is 190 g/mol. The van der Waals surface area contributed by atoms with E-state index in [0.717, 1.165) is 16.8 Å². The standard InChI is InChI=1S/C12H11NO2/c14-8-9-2-1-3-10(6-9)12-7-11(15)4-5-13-12/h1-7,14H,8H2,(H,13,15). The van der Waals surface area contributed by atoms with Crippen LogP contribution in [0.5, 0.6) is 0 Å². The molecule has 15 heavy (non-hydrogen) atoms. The van der Waals surface area contributed by atoms with Crippen molar-refractivity contribution in [2.45, 2.75) is 6.61 Å². The molecule has 0 atom stereocenters. The lowest BCUT2D eigenvalue weighted by Gasteiger charge is -2.02. The Morgan fingerprint density at radius 2 is 2.07 bits per heavy atom. The van der Waals surface area contributed by atoms with Gasteiger partial charge in [0.15, 0.2) is 5.43 Å². The van der Waals surface area contributed by atoms with Crippen LogP contribution in [0.15, 0.2) is 47.4 Å². The SMILES string of the molecule is O=c1cc[nH]c(-c2cccc(CO)c2)c1. The molecule has 1 heterocycles. The maximum absolute atomic E-state index is 11.1. The molecule has 0 aliphatic rings. The number of aromatic amines is 1. The lowest BCUT2D eigenvalue weighted by molar-refractivity contribution is 0.282. The number of aliphatic hydroxyl groups is 1. The molecule has 0 saturated carbocycles. The summed E-state index contributed by atoms with van der Waals surface area (Å²) in [7, 11) is 0. The van der Waals surface area contributed by atoms with Crippen molar-refractivity contribution >= 4 is 0 Å². The second-order valence-corrected chi connectivity index (χ2v) is 3.30. The van der Waals surface area contributed by atoms with Crippen molar-refractivity contribution in [3.63, 3.8) is 0 Å². The molecule has 1 aromatic carbocycles. The monoisotopic (exact) mass is 201 g/mol. The summed E-state index contributed by atoms with van der Waals surface area (Å²) in [6.45, 7) is 0.00487. The van der Waals surface area contributed by atoms with E-state index in [1.807, 2.05) is 24.3 Å². The van der Waals surface area contributed by atoms with E-state index < -0.39 is 0 Å². The molecule has 0 fully saturated rings. The van der Waals surface area contributed by atoms with E-state index >= 15 is 0 Å². The van der Waals surface area contributed by atoms with E-state index in [2.05, 4.69) is 4.98 Å². The number of nitrogens with one attached hydrogen (secondary N) is 1. The molecule has 0 radical (unpaired) electrons. The van der Waals surface area contributed by atoms with Crippen LogP contribution in [-0.4, -0.2) is 10.1 Å². The van der Waals surface area contributed by atoms with Gasteiger partial charge in [0.05, 0.1) is 6.61 Å². The molecule has 1 aromatic heterocycles. The summed E-state index contributed by atoms with van der Waals surface area (Å²) in [5, 5.41) is 8.99. The van der Waals surface area contributed by atoms with E-state index in [0.29, 0.717) is 0 Å². The van der Waals surface area contributed by atoms with Crippen molar-refractivity contribution in [3.05, 3.63) is 58.4 Å². The fourth-order valence-corrected chi connectivity index (χ4v) is 1.45. The van der Waals surface area contributed by atoms with Gasteiger partial charge in [0.25, 0.3) is 0 Å². The van der Waals surface area contributed by atoms with Gasteiger partial charge < -0.3 is 10.1 Å². The second kappa shape index (κ2) is 4.11. The topological polar surface area (TPSA) is 53.1 Å². The summed E-state index contributed by atoms with van der Waals surface area (Å²) in [6.07, 6.45) is 1.61. The Balaban J connectivity index is 2.49. The molecule has 0 amide bonds. The van der Waals surface area contributed by atoms with Gasteiger partial charge in [-0.2, -0.15) is 0 Å². The third kappa shape index (κ3) is 2.14. The third-order valence-corrected chi connectivity index (χ3v) is 2.19. The Morgan fingerprint density at radius 3 is 2.80 bits per heavy atom. The molecule has 0 bridgehead atoms. The highest BCUT2D eigenvalue weighted by Gasteiger charge is 1.99. The van der Waals surface area contributed by atoms with Crippen LogP contribution in [0.4, 0.5) is 0 Å². The first-order chi connectivity index (χ1) is 7.29. The summed E-state index contributed by atoms with van der Waals surface area (Å²) < 4.78 is 0. The fourth-order valence-electron chi connectivity index (χ4n) is 1.45. The van der Waals surface area contributed by atoms with Gasteiger partial charge >= 0.3 is 0 Å². The number of aromatic nitrogens is 1. The summed E-state index contributed by atoms with van der Waals surface area (Å²) in [5.74, 6) is 0. The van der Waals surface area contributed by atoms with Gasteiger partial charge in [0.1, 0.15) is 0 Å². The Hall–Kier alpha value is -1.87. The van der Waals surface area contributed by atoms with E-state index in [4.69, 9.17) is 5.11 Å². The van der Waals surface area contributed by atoms with Crippen molar-refractivity contribution < 1.29 is 5.11 Å². The average molecular weight is 201 g/mol. The first kappa shape index (κ1) is 9.68. The highest BCUT2D eigenvalue weighted by molar-refractivity contribution is 5.59. The molecule has 2 aromatic rings. The molecule has 0 aliphatic heterocycles. The van der Waals surface area contributed by atoms with Crippen LogP contribution >= 0.6 is 0 Å². The summed E-state index contributed by atoms with van der Waals surface area (Å²) in [6, 6.07) is 10.4. The summed E-state index contributed by atoms with van der Waals surface area (Å²) in [5.41, 5.74) is 2.47. The number of pyridine rings is 1. The van der Waals surface area contributed by atoms with Gasteiger partial charge in [0, 0.05) is 24.0 Å². The van der Waals surface area contributed by atoms with E-state index in [1.54, 1.807) is 6.20 Å². The normalized spacial score (nSPS) is 10.2. The van der Waals surface area contributed by atoms with E-state index in [-0.39, 0.29) is 12.0 Å². The Bertz CT molecular complexity index is 517. The van der Waals surface area contributed by atoms with Crippen molar-refractivity contribution in [3.8, 4) is 11.3 Å². The molecule has 3 heteroatoms. The first-order valence-electron chi connectivity index (χ1n) is 4.68. The van der Waals surface area contributed by atoms with Crippen LogP contribution in [-0.2, 0) is 6.61 Å². The van der Waals surface area contributed by atoms with Gasteiger partial charge in [-0.05, 0) is 17.2 Å². The number of aliphatic hydroxyl groups excluding tert-OH is 1. The van der Waals surface area contributed by atoms with Gasteiger partial charge in [-0.15, -0.1) is 0 Å². The van der Waals surface area contributed by atoms with E-state index in [1.165, 1.54) is 12.1 Å². The minimum atomic E-state index is -0.0295. The van der Waals surface area contributed by atoms with Crippen LogP contribution in [0.25, 0.3) is 11.3 Å². The number of H-pyrrole nitrogens is 1. The molecular formula is C12H11NO2. The lowest BCUT2D eigenvalue weighted by Crippen LogP contribution is -1.98.